The largest absolute Gasteiger partial charge is 0.351 e. The average molecular weight is 375 g/mol. The lowest BCUT2D eigenvalue weighted by atomic mass is 10.0. The molecule has 0 bridgehead atoms. The molecular formula is C19H19ClN2O2S. The highest BCUT2D eigenvalue weighted by atomic mass is 35.5. The first-order chi connectivity index (χ1) is 12.1. The van der Waals surface area contributed by atoms with Gasteiger partial charge in [-0.15, -0.1) is 11.3 Å². The highest BCUT2D eigenvalue weighted by molar-refractivity contribution is 7.09. The molecule has 2 fully saturated rings. The first-order valence-electron chi connectivity index (χ1n) is 8.42. The van der Waals surface area contributed by atoms with Gasteiger partial charge in [-0.1, -0.05) is 23.7 Å². The Morgan fingerprint density at radius 3 is 2.96 bits per heavy atom. The summed E-state index contributed by atoms with van der Waals surface area (Å²) >= 11 is 7.63. The lowest BCUT2D eigenvalue weighted by Gasteiger charge is -2.17. The van der Waals surface area contributed by atoms with Crippen LogP contribution in [0.2, 0.25) is 5.02 Å². The van der Waals surface area contributed by atoms with E-state index in [1.807, 2.05) is 22.4 Å². The van der Waals surface area contributed by atoms with Crippen molar-refractivity contribution in [2.75, 3.05) is 13.1 Å². The molecule has 2 aliphatic rings. The molecule has 4 rings (SSSR count). The highest BCUT2D eigenvalue weighted by Gasteiger charge is 2.61. The van der Waals surface area contributed by atoms with E-state index in [4.69, 9.17) is 11.6 Å². The van der Waals surface area contributed by atoms with Crippen molar-refractivity contribution in [1.82, 2.24) is 10.2 Å². The van der Waals surface area contributed by atoms with E-state index in [-0.39, 0.29) is 23.1 Å². The van der Waals surface area contributed by atoms with E-state index in [2.05, 4.69) is 5.32 Å². The summed E-state index contributed by atoms with van der Waals surface area (Å²) in [7, 11) is 0. The second kappa shape index (κ2) is 6.46. The van der Waals surface area contributed by atoms with Gasteiger partial charge in [0, 0.05) is 39.9 Å². The Kier molecular flexibility index (Phi) is 4.29. The summed E-state index contributed by atoms with van der Waals surface area (Å²) in [5.74, 6) is 0.152. The molecule has 2 heterocycles. The molecular weight excluding hydrogens is 356 g/mol. The van der Waals surface area contributed by atoms with Crippen LogP contribution in [-0.2, 0) is 11.3 Å². The summed E-state index contributed by atoms with van der Waals surface area (Å²) in [5.41, 5.74) is 0.595. The molecule has 1 aliphatic carbocycles. The second-order valence-electron chi connectivity index (χ2n) is 6.90. The van der Waals surface area contributed by atoms with Gasteiger partial charge in [0.2, 0.25) is 5.91 Å². The van der Waals surface area contributed by atoms with Crippen LogP contribution in [0.15, 0.2) is 41.8 Å². The van der Waals surface area contributed by atoms with Crippen LogP contribution in [0.5, 0.6) is 0 Å². The molecule has 1 aliphatic heterocycles. The van der Waals surface area contributed by atoms with E-state index < -0.39 is 0 Å². The van der Waals surface area contributed by atoms with Gasteiger partial charge in [-0.2, -0.15) is 0 Å². The Bertz CT molecular complexity index is 808. The third kappa shape index (κ3) is 3.31. The number of nitrogens with one attached hydrogen (secondary N) is 1. The molecule has 25 heavy (non-hydrogen) atoms. The molecule has 0 radical (unpaired) electrons. The lowest BCUT2D eigenvalue weighted by Crippen LogP contribution is -2.31. The number of halogens is 1. The minimum absolute atomic E-state index is 0.00372. The summed E-state index contributed by atoms with van der Waals surface area (Å²) < 4.78 is 0. The van der Waals surface area contributed by atoms with Gasteiger partial charge in [-0.05, 0) is 42.5 Å². The molecule has 1 aromatic carbocycles. The first-order valence-corrected chi connectivity index (χ1v) is 9.68. The van der Waals surface area contributed by atoms with Gasteiger partial charge in [0.1, 0.15) is 0 Å². The molecule has 130 valence electrons. The van der Waals surface area contributed by atoms with Gasteiger partial charge in [-0.25, -0.2) is 0 Å². The maximum Gasteiger partial charge on any atom is 0.253 e. The van der Waals surface area contributed by atoms with Gasteiger partial charge in [-0.3, -0.25) is 9.59 Å². The SMILES string of the molecule is O=C(NCc1cccs1)[C@@H]1C[C@]12CCN(C(=O)c1cccc(Cl)c1)C2. The summed E-state index contributed by atoms with van der Waals surface area (Å²) in [6.45, 7) is 1.96. The fourth-order valence-corrected chi connectivity index (χ4v) is 4.59. The minimum atomic E-state index is -0.0201. The molecule has 4 nitrogen and oxygen atoms in total. The van der Waals surface area contributed by atoms with Crippen LogP contribution in [0.25, 0.3) is 0 Å². The predicted octanol–water partition coefficient (Wildman–Crippen LogP) is 3.57. The van der Waals surface area contributed by atoms with Crippen molar-refractivity contribution in [1.29, 1.82) is 0 Å². The van der Waals surface area contributed by atoms with Gasteiger partial charge < -0.3 is 10.2 Å². The number of rotatable bonds is 4. The van der Waals surface area contributed by atoms with Crippen LogP contribution in [0.3, 0.4) is 0 Å². The number of carbonyl (C=O) groups excluding carboxylic acids is 2. The number of likely N-dealkylation sites (tertiary alicyclic amines) is 1. The number of hydrogen-bond donors (Lipinski definition) is 1. The van der Waals surface area contributed by atoms with Crippen molar-refractivity contribution in [3.8, 4) is 0 Å². The smallest absolute Gasteiger partial charge is 0.253 e. The molecule has 2 amide bonds. The molecule has 1 saturated carbocycles. The normalized spacial score (nSPS) is 24.5. The summed E-state index contributed by atoms with van der Waals surface area (Å²) in [4.78, 5) is 28.1. The number of amides is 2. The fourth-order valence-electron chi connectivity index (χ4n) is 3.75. The molecule has 2 aromatic rings. The number of carbonyl (C=O) groups is 2. The van der Waals surface area contributed by atoms with Gasteiger partial charge in [0.25, 0.3) is 5.91 Å². The van der Waals surface area contributed by atoms with E-state index >= 15 is 0 Å². The Morgan fingerprint density at radius 1 is 1.32 bits per heavy atom. The third-order valence-electron chi connectivity index (χ3n) is 5.27. The zero-order valence-electron chi connectivity index (χ0n) is 13.7. The van der Waals surface area contributed by atoms with Gasteiger partial charge in [0.05, 0.1) is 6.54 Å². The standard InChI is InChI=1S/C19H19ClN2O2S/c20-14-4-1-3-13(9-14)18(24)22-7-6-19(12-22)10-16(19)17(23)21-11-15-5-2-8-25-15/h1-5,8-9,16H,6-7,10-12H2,(H,21,23)/t16-,19-/m0/s1. The van der Waals surface area contributed by atoms with E-state index in [1.165, 1.54) is 0 Å². The van der Waals surface area contributed by atoms with Crippen molar-refractivity contribution in [3.05, 3.63) is 57.2 Å². The van der Waals surface area contributed by atoms with Crippen LogP contribution < -0.4 is 5.32 Å². The summed E-state index contributed by atoms with van der Waals surface area (Å²) in [6, 6.07) is 11.1. The molecule has 6 heteroatoms. The Hall–Kier alpha value is -1.85. The zero-order chi connectivity index (χ0) is 17.4. The van der Waals surface area contributed by atoms with Crippen molar-refractivity contribution >= 4 is 34.8 Å². The monoisotopic (exact) mass is 374 g/mol. The van der Waals surface area contributed by atoms with E-state index in [1.54, 1.807) is 35.6 Å². The van der Waals surface area contributed by atoms with Crippen LogP contribution in [0.1, 0.15) is 28.1 Å². The van der Waals surface area contributed by atoms with Crippen LogP contribution in [0, 0.1) is 11.3 Å². The summed E-state index contributed by atoms with van der Waals surface area (Å²) in [5, 5.41) is 5.61. The fraction of sp³-hybridized carbons (Fsp3) is 0.368. The minimum Gasteiger partial charge on any atom is -0.351 e. The quantitative estimate of drug-likeness (QED) is 0.889. The molecule has 1 N–H and O–H groups in total. The molecule has 2 atom stereocenters. The third-order valence-corrected chi connectivity index (χ3v) is 6.38. The summed E-state index contributed by atoms with van der Waals surface area (Å²) in [6.07, 6.45) is 1.78. The van der Waals surface area contributed by atoms with Crippen molar-refractivity contribution in [3.63, 3.8) is 0 Å². The Labute approximate surface area is 155 Å². The number of nitrogens with zero attached hydrogens (tertiary/aromatic N) is 1. The van der Waals surface area contributed by atoms with Crippen molar-refractivity contribution in [2.24, 2.45) is 11.3 Å². The van der Waals surface area contributed by atoms with Crippen molar-refractivity contribution < 1.29 is 9.59 Å². The predicted molar refractivity (Wildman–Crippen MR) is 98.7 cm³/mol. The van der Waals surface area contributed by atoms with Crippen LogP contribution >= 0.6 is 22.9 Å². The number of thiophene rings is 1. The molecule has 1 saturated heterocycles. The van der Waals surface area contributed by atoms with Crippen LogP contribution in [0.4, 0.5) is 0 Å². The van der Waals surface area contributed by atoms with E-state index in [0.29, 0.717) is 30.2 Å². The molecule has 1 aromatic heterocycles. The first kappa shape index (κ1) is 16.6. The average Bonchev–Trinajstić information content (AvgIpc) is 2.95. The maximum absolute atomic E-state index is 12.6. The highest BCUT2D eigenvalue weighted by Crippen LogP contribution is 2.58. The number of hydrogen-bond acceptors (Lipinski definition) is 3. The number of benzene rings is 1. The maximum atomic E-state index is 12.6. The molecule has 0 unspecified atom stereocenters. The topological polar surface area (TPSA) is 49.4 Å². The van der Waals surface area contributed by atoms with E-state index in [0.717, 1.165) is 17.7 Å². The molecule has 1 spiro atoms. The lowest BCUT2D eigenvalue weighted by molar-refractivity contribution is -0.123. The van der Waals surface area contributed by atoms with Gasteiger partial charge >= 0.3 is 0 Å². The van der Waals surface area contributed by atoms with Gasteiger partial charge in [0.15, 0.2) is 0 Å². The second-order valence-corrected chi connectivity index (χ2v) is 8.37. The Balaban J connectivity index is 1.35. The zero-order valence-corrected chi connectivity index (χ0v) is 15.3. The van der Waals surface area contributed by atoms with E-state index in [9.17, 15) is 9.59 Å². The van der Waals surface area contributed by atoms with Crippen LogP contribution in [-0.4, -0.2) is 29.8 Å². The Morgan fingerprint density at radius 2 is 2.20 bits per heavy atom. The van der Waals surface area contributed by atoms with Crippen molar-refractivity contribution in [2.45, 2.75) is 19.4 Å².